The molecule has 0 unspecified atom stereocenters. The number of aliphatic carboxylic acids is 1. The first-order chi connectivity index (χ1) is 9.24. The maximum atomic E-state index is 10.7. The van der Waals surface area contributed by atoms with Crippen LogP contribution in [-0.2, 0) is 4.79 Å². The van der Waals surface area contributed by atoms with Crippen molar-refractivity contribution in [3.8, 4) is 5.82 Å². The van der Waals surface area contributed by atoms with Gasteiger partial charge in [-0.3, -0.25) is 4.79 Å². The largest absolute Gasteiger partial charge is 0.481 e. The molecule has 98 valence electrons. The summed E-state index contributed by atoms with van der Waals surface area (Å²) in [6, 6.07) is 5.55. The summed E-state index contributed by atoms with van der Waals surface area (Å²) in [5.74, 6) is 0.296. The highest BCUT2D eigenvalue weighted by molar-refractivity contribution is 7.99. The van der Waals surface area contributed by atoms with Gasteiger partial charge < -0.3 is 5.11 Å². The molecule has 19 heavy (non-hydrogen) atoms. The fourth-order valence-corrected chi connectivity index (χ4v) is 2.50. The second kappa shape index (κ2) is 5.00. The Kier molecular flexibility index (Phi) is 3.20. The van der Waals surface area contributed by atoms with Crippen molar-refractivity contribution in [2.24, 2.45) is 0 Å². The molecule has 2 aromatic rings. The summed E-state index contributed by atoms with van der Waals surface area (Å²) in [7, 11) is 0. The number of hydrogen-bond acceptors (Lipinski definition) is 5. The number of rotatable bonds is 5. The van der Waals surface area contributed by atoms with Gasteiger partial charge in [-0.05, 0) is 31.0 Å². The monoisotopic (exact) mass is 276 g/mol. The van der Waals surface area contributed by atoms with Gasteiger partial charge in [0.15, 0.2) is 5.82 Å². The van der Waals surface area contributed by atoms with E-state index in [1.54, 1.807) is 16.9 Å². The number of carboxylic acids is 1. The molecule has 0 aromatic carbocycles. The average Bonchev–Trinajstić information content (AvgIpc) is 3.18. The molecule has 1 saturated carbocycles. The molecule has 0 bridgehead atoms. The van der Waals surface area contributed by atoms with Gasteiger partial charge in [0, 0.05) is 12.1 Å². The fraction of sp³-hybridized carbons (Fsp3) is 0.333. The normalized spacial score (nSPS) is 14.5. The summed E-state index contributed by atoms with van der Waals surface area (Å²) >= 11 is 1.25. The third kappa shape index (κ3) is 2.76. The van der Waals surface area contributed by atoms with E-state index in [2.05, 4.69) is 15.3 Å². The molecule has 3 rings (SSSR count). The number of hydrogen-bond donors (Lipinski definition) is 1. The number of carbonyl (C=O) groups is 1. The SMILES string of the molecule is O=C(O)CSc1cc(C2CC2)nn1-c1cccnn1. The van der Waals surface area contributed by atoms with Crippen LogP contribution in [0.3, 0.4) is 0 Å². The van der Waals surface area contributed by atoms with Crippen LogP contribution in [0.4, 0.5) is 0 Å². The van der Waals surface area contributed by atoms with Gasteiger partial charge in [0.05, 0.1) is 11.4 Å². The topological polar surface area (TPSA) is 80.9 Å². The molecule has 0 aliphatic heterocycles. The van der Waals surface area contributed by atoms with Crippen LogP contribution in [0.5, 0.6) is 0 Å². The lowest BCUT2D eigenvalue weighted by molar-refractivity contribution is -0.133. The molecule has 0 amide bonds. The van der Waals surface area contributed by atoms with Crippen molar-refractivity contribution in [3.63, 3.8) is 0 Å². The molecule has 0 spiro atoms. The summed E-state index contributed by atoms with van der Waals surface area (Å²) in [5.41, 5.74) is 1.01. The number of nitrogens with zero attached hydrogens (tertiary/aromatic N) is 4. The lowest BCUT2D eigenvalue weighted by Gasteiger charge is -2.03. The van der Waals surface area contributed by atoms with E-state index in [1.165, 1.54) is 11.8 Å². The van der Waals surface area contributed by atoms with Crippen LogP contribution in [0.2, 0.25) is 0 Å². The minimum atomic E-state index is -0.843. The molecule has 1 fully saturated rings. The van der Waals surface area contributed by atoms with E-state index in [-0.39, 0.29) is 5.75 Å². The standard InChI is InChI=1S/C12H12N4O2S/c17-12(18)7-19-11-6-9(8-3-4-8)15-16(11)10-2-1-5-13-14-10/h1-2,5-6,8H,3-4,7H2,(H,17,18). The molecule has 0 radical (unpaired) electrons. The zero-order valence-corrected chi connectivity index (χ0v) is 10.9. The Hall–Kier alpha value is -1.89. The lowest BCUT2D eigenvalue weighted by atomic mass is 10.3. The van der Waals surface area contributed by atoms with Crippen LogP contribution >= 0.6 is 11.8 Å². The van der Waals surface area contributed by atoms with Gasteiger partial charge in [-0.2, -0.15) is 10.2 Å². The Morgan fingerprint density at radius 3 is 3.00 bits per heavy atom. The Morgan fingerprint density at radius 1 is 1.53 bits per heavy atom. The first-order valence-electron chi connectivity index (χ1n) is 5.96. The quantitative estimate of drug-likeness (QED) is 0.837. The van der Waals surface area contributed by atoms with Gasteiger partial charge in [0.2, 0.25) is 0 Å². The van der Waals surface area contributed by atoms with Gasteiger partial charge in [-0.25, -0.2) is 4.68 Å². The average molecular weight is 276 g/mol. The summed E-state index contributed by atoms with van der Waals surface area (Å²) in [5, 5.41) is 22.0. The molecule has 1 N–H and O–H groups in total. The highest BCUT2D eigenvalue weighted by Gasteiger charge is 2.28. The van der Waals surface area contributed by atoms with E-state index in [9.17, 15) is 4.79 Å². The molecule has 7 heteroatoms. The minimum Gasteiger partial charge on any atom is -0.481 e. The summed E-state index contributed by atoms with van der Waals surface area (Å²) < 4.78 is 1.67. The lowest BCUT2D eigenvalue weighted by Crippen LogP contribution is -2.04. The van der Waals surface area contributed by atoms with Crippen LogP contribution in [0.1, 0.15) is 24.5 Å². The van der Waals surface area contributed by atoms with E-state index in [1.807, 2.05) is 12.1 Å². The maximum absolute atomic E-state index is 10.7. The van der Waals surface area contributed by atoms with E-state index < -0.39 is 5.97 Å². The van der Waals surface area contributed by atoms with Crippen molar-refractivity contribution in [2.75, 3.05) is 5.75 Å². The molecular weight excluding hydrogens is 264 g/mol. The van der Waals surface area contributed by atoms with Gasteiger partial charge in [-0.1, -0.05) is 11.8 Å². The van der Waals surface area contributed by atoms with Crippen LogP contribution in [0, 0.1) is 0 Å². The van der Waals surface area contributed by atoms with Crippen molar-refractivity contribution < 1.29 is 9.90 Å². The molecule has 6 nitrogen and oxygen atoms in total. The van der Waals surface area contributed by atoms with Crippen LogP contribution in [0.25, 0.3) is 5.82 Å². The molecule has 1 aliphatic carbocycles. The van der Waals surface area contributed by atoms with Gasteiger partial charge in [0.25, 0.3) is 0 Å². The molecule has 0 saturated heterocycles. The van der Waals surface area contributed by atoms with Crippen molar-refractivity contribution in [3.05, 3.63) is 30.1 Å². The molecule has 1 aliphatic rings. The third-order valence-corrected chi connectivity index (χ3v) is 3.79. The Morgan fingerprint density at radius 2 is 2.37 bits per heavy atom. The van der Waals surface area contributed by atoms with Crippen molar-refractivity contribution in [1.82, 2.24) is 20.0 Å². The second-order valence-corrected chi connectivity index (χ2v) is 5.35. The van der Waals surface area contributed by atoms with Crippen molar-refractivity contribution in [2.45, 2.75) is 23.8 Å². The van der Waals surface area contributed by atoms with Crippen molar-refractivity contribution >= 4 is 17.7 Å². The smallest absolute Gasteiger partial charge is 0.313 e. The summed E-state index contributed by atoms with van der Waals surface area (Å²) in [6.07, 6.45) is 3.90. The highest BCUT2D eigenvalue weighted by atomic mass is 32.2. The zero-order chi connectivity index (χ0) is 13.2. The van der Waals surface area contributed by atoms with E-state index in [0.29, 0.717) is 11.7 Å². The number of thioether (sulfide) groups is 1. The van der Waals surface area contributed by atoms with E-state index in [4.69, 9.17) is 5.11 Å². The maximum Gasteiger partial charge on any atom is 0.313 e. The Bertz CT molecular complexity index is 595. The van der Waals surface area contributed by atoms with Gasteiger partial charge >= 0.3 is 5.97 Å². The number of carboxylic acid groups (broad SMARTS) is 1. The van der Waals surface area contributed by atoms with Crippen LogP contribution in [-0.4, -0.2) is 36.8 Å². The van der Waals surface area contributed by atoms with E-state index in [0.717, 1.165) is 23.6 Å². The van der Waals surface area contributed by atoms with Crippen LogP contribution in [0.15, 0.2) is 29.4 Å². The first kappa shape index (κ1) is 12.2. The molecule has 0 atom stereocenters. The number of aromatic nitrogens is 4. The van der Waals surface area contributed by atoms with Gasteiger partial charge in [0.1, 0.15) is 5.03 Å². The third-order valence-electron chi connectivity index (χ3n) is 2.81. The first-order valence-corrected chi connectivity index (χ1v) is 6.95. The van der Waals surface area contributed by atoms with Crippen LogP contribution < -0.4 is 0 Å². The predicted octanol–water partition coefficient (Wildman–Crippen LogP) is 1.72. The molecular formula is C12H12N4O2S. The second-order valence-electron chi connectivity index (χ2n) is 4.36. The summed E-state index contributed by atoms with van der Waals surface area (Å²) in [4.78, 5) is 10.7. The minimum absolute atomic E-state index is 0.00998. The highest BCUT2D eigenvalue weighted by Crippen LogP contribution is 2.40. The fourth-order valence-electron chi connectivity index (χ4n) is 1.77. The molecule has 2 aromatic heterocycles. The van der Waals surface area contributed by atoms with Gasteiger partial charge in [-0.15, -0.1) is 5.10 Å². The predicted molar refractivity (Wildman–Crippen MR) is 69.5 cm³/mol. The van der Waals surface area contributed by atoms with Crippen molar-refractivity contribution in [1.29, 1.82) is 0 Å². The van der Waals surface area contributed by atoms with E-state index >= 15 is 0 Å². The molecule has 2 heterocycles. The Labute approximate surface area is 113 Å². The Balaban J connectivity index is 1.93. The zero-order valence-electron chi connectivity index (χ0n) is 10.1. The summed E-state index contributed by atoms with van der Waals surface area (Å²) in [6.45, 7) is 0.